The van der Waals surface area contributed by atoms with Crippen LogP contribution in [0.2, 0.25) is 0 Å². The Morgan fingerprint density at radius 2 is 1.90 bits per heavy atom. The molecule has 3 aliphatic rings. The van der Waals surface area contributed by atoms with Gasteiger partial charge in [0, 0.05) is 29.5 Å². The zero-order valence-corrected chi connectivity index (χ0v) is 30.7. The standard InChI is InChI=1S/C36H43N5O10S/c1-6-8-9-13-27-38-24-11-10-12-25-28(24)30(40-27)21-19-41-26(29(21)39-25)18-23-22(31(41)42)20-49-32(43)36(23,7-2)51-34(45)48-15-17-52(46,47)16-14-37-33(44)50-35(3,4)5/h10-12,18H,6-9,13-17,19-20H2,1-5H3,(H,37,44)(H,38,40)/t36-/m0/s1. The first-order valence-electron chi connectivity index (χ1n) is 17.4. The second-order valence-electron chi connectivity index (χ2n) is 14.0. The third-order valence-electron chi connectivity index (χ3n) is 9.15. The molecule has 0 saturated heterocycles. The van der Waals surface area contributed by atoms with Crippen LogP contribution < -0.4 is 16.2 Å². The van der Waals surface area contributed by atoms with Crippen molar-refractivity contribution in [3.63, 3.8) is 0 Å². The number of carbonyl (C=O) groups is 3. The van der Waals surface area contributed by atoms with Crippen LogP contribution in [0, 0.1) is 0 Å². The van der Waals surface area contributed by atoms with Gasteiger partial charge in [0.15, 0.2) is 9.84 Å². The van der Waals surface area contributed by atoms with Gasteiger partial charge in [-0.15, -0.1) is 0 Å². The zero-order valence-electron chi connectivity index (χ0n) is 29.9. The van der Waals surface area contributed by atoms with Gasteiger partial charge in [0.05, 0.1) is 51.9 Å². The number of fused-ring (bicyclic) bond motifs is 5. The molecule has 6 rings (SSSR count). The molecule has 0 radical (unpaired) electrons. The van der Waals surface area contributed by atoms with E-state index in [2.05, 4.69) is 17.6 Å². The lowest BCUT2D eigenvalue weighted by atomic mass is 9.85. The number of ether oxygens (including phenoxy) is 4. The van der Waals surface area contributed by atoms with Crippen LogP contribution in [0.1, 0.15) is 83.4 Å². The fraction of sp³-hybridized carbons (Fsp3) is 0.500. The summed E-state index contributed by atoms with van der Waals surface area (Å²) in [7, 11) is -3.76. The number of unbranched alkanes of at least 4 members (excludes halogenated alkanes) is 2. The van der Waals surface area contributed by atoms with Gasteiger partial charge in [-0.25, -0.2) is 32.8 Å². The number of anilines is 1. The van der Waals surface area contributed by atoms with Gasteiger partial charge in [0.2, 0.25) is 5.60 Å². The van der Waals surface area contributed by atoms with Crippen LogP contribution in [0.25, 0.3) is 22.3 Å². The summed E-state index contributed by atoms with van der Waals surface area (Å²) in [6, 6.07) is 7.36. The summed E-state index contributed by atoms with van der Waals surface area (Å²) < 4.78 is 47.9. The molecule has 278 valence electrons. The first-order valence-corrected chi connectivity index (χ1v) is 19.3. The number of aliphatic imine (C=N–C) groups is 1. The molecule has 15 nitrogen and oxygen atoms in total. The van der Waals surface area contributed by atoms with Gasteiger partial charge in [-0.2, -0.15) is 0 Å². The largest absolute Gasteiger partial charge is 0.509 e. The summed E-state index contributed by atoms with van der Waals surface area (Å²) in [5.41, 5.74) is 1.26. The Morgan fingerprint density at radius 3 is 2.63 bits per heavy atom. The summed E-state index contributed by atoms with van der Waals surface area (Å²) in [4.78, 5) is 62.2. The van der Waals surface area contributed by atoms with E-state index in [1.54, 1.807) is 38.3 Å². The van der Waals surface area contributed by atoms with E-state index in [1.807, 2.05) is 18.2 Å². The zero-order chi connectivity index (χ0) is 37.4. The normalized spacial score (nSPS) is 17.2. The van der Waals surface area contributed by atoms with Crippen molar-refractivity contribution in [2.45, 2.75) is 91.1 Å². The van der Waals surface area contributed by atoms with Crippen molar-refractivity contribution in [3.05, 3.63) is 51.3 Å². The number of aromatic nitrogens is 2. The fourth-order valence-electron chi connectivity index (χ4n) is 6.63. The molecule has 0 aliphatic carbocycles. The number of rotatable bonds is 12. The van der Waals surface area contributed by atoms with Crippen LogP contribution in [0.3, 0.4) is 0 Å². The van der Waals surface area contributed by atoms with Crippen molar-refractivity contribution in [1.82, 2.24) is 14.9 Å². The molecule has 1 atom stereocenters. The Labute approximate surface area is 301 Å². The predicted molar refractivity (Wildman–Crippen MR) is 192 cm³/mol. The molecular formula is C36H43N5O10S. The molecule has 2 N–H and O–H groups in total. The van der Waals surface area contributed by atoms with Gasteiger partial charge < -0.3 is 34.1 Å². The molecule has 1 aromatic carbocycles. The number of amidine groups is 1. The Kier molecular flexibility index (Phi) is 10.0. The quantitative estimate of drug-likeness (QED) is 0.110. The van der Waals surface area contributed by atoms with Gasteiger partial charge in [-0.1, -0.05) is 32.8 Å². The molecule has 3 aromatic rings. The number of pyridine rings is 2. The summed E-state index contributed by atoms with van der Waals surface area (Å²) in [6.45, 7) is 7.90. The summed E-state index contributed by atoms with van der Waals surface area (Å²) in [5.74, 6) is -1.03. The number of cyclic esters (lactones) is 1. The highest BCUT2D eigenvalue weighted by atomic mass is 32.2. The topological polar surface area (TPSA) is 194 Å². The highest BCUT2D eigenvalue weighted by molar-refractivity contribution is 7.91. The third-order valence-corrected chi connectivity index (χ3v) is 10.8. The number of hydrogen-bond donors (Lipinski definition) is 2. The second kappa shape index (κ2) is 14.2. The van der Waals surface area contributed by atoms with E-state index in [0.717, 1.165) is 53.8 Å². The van der Waals surface area contributed by atoms with Crippen LogP contribution in [0.4, 0.5) is 21.0 Å². The SMILES string of the molecule is CCCCCC1=Nc2cccc3nc4c(c(c23)N1)Cn1c-4cc2c(c1=O)COC(=O)[C@@]2(CC)OC(=O)OCCS(=O)(=O)CCNC(=O)OC(C)(C)C. The molecule has 0 bridgehead atoms. The Morgan fingerprint density at radius 1 is 1.12 bits per heavy atom. The molecule has 2 aromatic heterocycles. The molecule has 0 spiro atoms. The maximum absolute atomic E-state index is 14.1. The lowest BCUT2D eigenvalue weighted by Crippen LogP contribution is -2.47. The Balaban J connectivity index is 1.23. The van der Waals surface area contributed by atoms with Crippen molar-refractivity contribution < 1.29 is 41.7 Å². The van der Waals surface area contributed by atoms with E-state index in [0.29, 0.717) is 16.9 Å². The number of nitrogens with zero attached hydrogens (tertiary/aromatic N) is 3. The van der Waals surface area contributed by atoms with Crippen molar-refractivity contribution in [2.75, 3.05) is 30.0 Å². The second-order valence-corrected chi connectivity index (χ2v) is 16.3. The number of sulfone groups is 1. The molecule has 0 saturated carbocycles. The smallest absolute Gasteiger partial charge is 0.457 e. The maximum Gasteiger partial charge on any atom is 0.509 e. The number of esters is 1. The van der Waals surface area contributed by atoms with E-state index < -0.39 is 62.9 Å². The molecule has 1 amide bonds. The highest BCUT2D eigenvalue weighted by Crippen LogP contribution is 2.46. The van der Waals surface area contributed by atoms with Gasteiger partial charge in [0.25, 0.3) is 5.56 Å². The lowest BCUT2D eigenvalue weighted by molar-refractivity contribution is -0.175. The minimum absolute atomic E-state index is 0.1000. The average Bonchev–Trinajstić information content (AvgIpc) is 3.44. The number of nitrogens with one attached hydrogen (secondary N) is 2. The van der Waals surface area contributed by atoms with Crippen LogP contribution in [0.15, 0.2) is 34.1 Å². The number of hydrogen-bond acceptors (Lipinski definition) is 13. The van der Waals surface area contributed by atoms with Gasteiger partial charge in [-0.05, 0) is 51.8 Å². The monoisotopic (exact) mass is 737 g/mol. The molecule has 16 heteroatoms. The van der Waals surface area contributed by atoms with Crippen molar-refractivity contribution >= 4 is 56.2 Å². The molecule has 0 fully saturated rings. The number of alkyl carbamates (subject to hydrolysis) is 1. The van der Waals surface area contributed by atoms with Gasteiger partial charge in [0.1, 0.15) is 24.7 Å². The number of amides is 1. The van der Waals surface area contributed by atoms with E-state index in [-0.39, 0.29) is 37.2 Å². The molecule has 0 unspecified atom stereocenters. The minimum atomic E-state index is -3.76. The van der Waals surface area contributed by atoms with Gasteiger partial charge in [-0.3, -0.25) is 4.79 Å². The first kappa shape index (κ1) is 36.8. The maximum atomic E-state index is 14.1. The van der Waals surface area contributed by atoms with Crippen molar-refractivity contribution in [3.8, 4) is 11.4 Å². The number of carbonyl (C=O) groups excluding carboxylic acids is 3. The number of benzene rings is 1. The van der Waals surface area contributed by atoms with E-state index in [9.17, 15) is 27.6 Å². The summed E-state index contributed by atoms with van der Waals surface area (Å²) >= 11 is 0. The predicted octanol–water partition coefficient (Wildman–Crippen LogP) is 5.22. The first-order chi connectivity index (χ1) is 24.7. The van der Waals surface area contributed by atoms with Crippen LogP contribution >= 0.6 is 0 Å². The molecule has 5 heterocycles. The third kappa shape index (κ3) is 7.20. The fourth-order valence-corrected chi connectivity index (χ4v) is 7.58. The summed E-state index contributed by atoms with van der Waals surface area (Å²) in [5, 5.41) is 6.75. The molecule has 3 aliphatic heterocycles. The van der Waals surface area contributed by atoms with E-state index >= 15 is 0 Å². The Hall–Kier alpha value is -4.99. The van der Waals surface area contributed by atoms with Crippen LogP contribution in [-0.4, -0.2) is 72.3 Å². The highest BCUT2D eigenvalue weighted by Gasteiger charge is 2.51. The van der Waals surface area contributed by atoms with E-state index in [1.165, 1.54) is 0 Å². The van der Waals surface area contributed by atoms with E-state index in [4.69, 9.17) is 28.9 Å². The van der Waals surface area contributed by atoms with Crippen molar-refractivity contribution in [2.24, 2.45) is 4.99 Å². The average molecular weight is 738 g/mol. The summed E-state index contributed by atoms with van der Waals surface area (Å²) in [6.07, 6.45) is 1.73. The minimum Gasteiger partial charge on any atom is -0.457 e. The molecular weight excluding hydrogens is 694 g/mol. The lowest BCUT2D eigenvalue weighted by Gasteiger charge is -2.35. The van der Waals surface area contributed by atoms with Gasteiger partial charge >= 0.3 is 18.2 Å². The van der Waals surface area contributed by atoms with Crippen LogP contribution in [0.5, 0.6) is 0 Å². The Bertz CT molecular complexity index is 2150. The van der Waals surface area contributed by atoms with Crippen LogP contribution in [-0.2, 0) is 52.3 Å². The van der Waals surface area contributed by atoms with Crippen molar-refractivity contribution in [1.29, 1.82) is 0 Å². The molecule has 52 heavy (non-hydrogen) atoms.